The van der Waals surface area contributed by atoms with Crippen LogP contribution >= 0.6 is 34.5 Å². The number of nitrogens with two attached hydrogens (primary N) is 1. The largest absolute Gasteiger partial charge is 0.375 e. The van der Waals surface area contributed by atoms with Crippen molar-refractivity contribution in [3.63, 3.8) is 0 Å². The van der Waals surface area contributed by atoms with Crippen molar-refractivity contribution in [2.24, 2.45) is 11.8 Å². The summed E-state index contributed by atoms with van der Waals surface area (Å²) in [5.74, 6) is 6.27. The second-order valence-corrected chi connectivity index (χ2v) is 8.20. The van der Waals surface area contributed by atoms with Gasteiger partial charge in [-0.05, 0) is 37.7 Å². The Bertz CT molecular complexity index is 474. The number of halogens is 2. The highest BCUT2D eigenvalue weighted by Crippen LogP contribution is 2.47. The van der Waals surface area contributed by atoms with Gasteiger partial charge in [-0.15, -0.1) is 11.3 Å². The van der Waals surface area contributed by atoms with Crippen molar-refractivity contribution in [2.75, 3.05) is 6.61 Å². The fraction of sp³-hybridized carbons (Fsp3) is 0.714. The molecule has 1 aliphatic carbocycles. The zero-order chi connectivity index (χ0) is 14.2. The summed E-state index contributed by atoms with van der Waals surface area (Å²) in [5, 5.41) is 0. The van der Waals surface area contributed by atoms with Gasteiger partial charge in [0, 0.05) is 12.2 Å². The molecule has 1 aliphatic heterocycles. The molecule has 0 bridgehead atoms. The first kappa shape index (κ1) is 15.1. The van der Waals surface area contributed by atoms with Crippen LogP contribution in [0.2, 0.25) is 8.67 Å². The minimum atomic E-state index is 0.0626. The molecular weight excluding hydrogens is 315 g/mol. The van der Waals surface area contributed by atoms with Gasteiger partial charge in [-0.25, -0.2) is 0 Å². The van der Waals surface area contributed by atoms with Gasteiger partial charge in [0.25, 0.3) is 0 Å². The molecule has 3 N–H and O–H groups in total. The highest BCUT2D eigenvalue weighted by atomic mass is 35.5. The minimum Gasteiger partial charge on any atom is -0.375 e. The first-order chi connectivity index (χ1) is 9.63. The number of hydrazine groups is 1. The van der Waals surface area contributed by atoms with Crippen molar-refractivity contribution in [1.29, 1.82) is 0 Å². The van der Waals surface area contributed by atoms with Crippen LogP contribution in [0, 0.1) is 5.92 Å². The normalized spacial score (nSPS) is 27.1. The molecule has 6 heteroatoms. The van der Waals surface area contributed by atoms with Crippen LogP contribution in [-0.2, 0) is 4.74 Å². The molecule has 2 fully saturated rings. The summed E-state index contributed by atoms with van der Waals surface area (Å²) < 4.78 is 7.55. The van der Waals surface area contributed by atoms with Crippen LogP contribution in [0.25, 0.3) is 0 Å². The van der Waals surface area contributed by atoms with Gasteiger partial charge >= 0.3 is 0 Å². The lowest BCUT2D eigenvalue weighted by Crippen LogP contribution is -2.43. The van der Waals surface area contributed by atoms with Crippen molar-refractivity contribution >= 4 is 34.5 Å². The zero-order valence-corrected chi connectivity index (χ0v) is 13.7. The highest BCUT2D eigenvalue weighted by Gasteiger charge is 2.42. The van der Waals surface area contributed by atoms with Gasteiger partial charge < -0.3 is 4.74 Å². The average Bonchev–Trinajstić information content (AvgIpc) is 2.99. The van der Waals surface area contributed by atoms with Crippen LogP contribution in [-0.4, -0.2) is 12.2 Å². The smallest absolute Gasteiger partial charge is 0.0992 e. The van der Waals surface area contributed by atoms with Gasteiger partial charge in [-0.2, -0.15) is 0 Å². The Morgan fingerprint density at radius 2 is 2.15 bits per heavy atom. The van der Waals surface area contributed by atoms with Crippen molar-refractivity contribution in [3.8, 4) is 0 Å². The van der Waals surface area contributed by atoms with Gasteiger partial charge in [-0.3, -0.25) is 11.3 Å². The molecule has 2 atom stereocenters. The summed E-state index contributed by atoms with van der Waals surface area (Å²) in [7, 11) is 0. The number of hydrogen-bond donors (Lipinski definition) is 2. The lowest BCUT2D eigenvalue weighted by atomic mass is 9.79. The number of nitrogens with one attached hydrogen (secondary N) is 1. The van der Waals surface area contributed by atoms with E-state index in [1.165, 1.54) is 37.0 Å². The Labute approximate surface area is 133 Å². The van der Waals surface area contributed by atoms with E-state index in [-0.39, 0.29) is 11.6 Å². The maximum absolute atomic E-state index is 6.30. The number of hydrogen-bond acceptors (Lipinski definition) is 4. The maximum atomic E-state index is 6.30. The zero-order valence-electron chi connectivity index (χ0n) is 11.3. The molecule has 2 unspecified atom stereocenters. The fourth-order valence-corrected chi connectivity index (χ4v) is 5.31. The van der Waals surface area contributed by atoms with Crippen LogP contribution < -0.4 is 11.3 Å². The molecular formula is C14H20Cl2N2OS. The van der Waals surface area contributed by atoms with Crippen LogP contribution in [0.4, 0.5) is 0 Å². The molecule has 0 radical (unpaired) electrons. The van der Waals surface area contributed by atoms with Gasteiger partial charge in [-0.1, -0.05) is 36.0 Å². The van der Waals surface area contributed by atoms with E-state index in [4.69, 9.17) is 33.8 Å². The average molecular weight is 335 g/mol. The quantitative estimate of drug-likeness (QED) is 0.640. The van der Waals surface area contributed by atoms with Crippen molar-refractivity contribution in [2.45, 2.75) is 50.2 Å². The van der Waals surface area contributed by atoms with Gasteiger partial charge in [0.05, 0.1) is 20.3 Å². The van der Waals surface area contributed by atoms with E-state index in [0.717, 1.165) is 29.3 Å². The molecule has 1 aromatic heterocycles. The lowest BCUT2D eigenvalue weighted by molar-refractivity contribution is -0.0982. The Kier molecular flexibility index (Phi) is 4.60. The third-order valence-corrected chi connectivity index (χ3v) is 6.23. The van der Waals surface area contributed by atoms with Crippen LogP contribution in [0.15, 0.2) is 6.07 Å². The fourth-order valence-electron chi connectivity index (χ4n) is 3.76. The van der Waals surface area contributed by atoms with E-state index < -0.39 is 0 Å². The monoisotopic (exact) mass is 334 g/mol. The molecule has 3 rings (SSSR count). The predicted octanol–water partition coefficient (Wildman–Crippen LogP) is 4.30. The van der Waals surface area contributed by atoms with E-state index in [1.807, 2.05) is 6.07 Å². The Morgan fingerprint density at radius 1 is 1.40 bits per heavy atom. The molecule has 1 spiro atoms. The number of thiophene rings is 1. The molecule has 0 aromatic carbocycles. The first-order valence-electron chi connectivity index (χ1n) is 7.18. The molecule has 1 aromatic rings. The second kappa shape index (κ2) is 6.11. The molecule has 112 valence electrons. The van der Waals surface area contributed by atoms with Crippen LogP contribution in [0.5, 0.6) is 0 Å². The number of ether oxygens (including phenoxy) is 1. The maximum Gasteiger partial charge on any atom is 0.0992 e. The summed E-state index contributed by atoms with van der Waals surface area (Å²) in [6, 6.07) is 2.00. The van der Waals surface area contributed by atoms with E-state index in [9.17, 15) is 0 Å². The SMILES string of the molecule is NNC(c1cc(Cl)sc1Cl)C1CCOC2(CCCC2)C1. The van der Waals surface area contributed by atoms with Gasteiger partial charge in [0.2, 0.25) is 0 Å². The van der Waals surface area contributed by atoms with Gasteiger partial charge in [0.1, 0.15) is 0 Å². The molecule has 3 nitrogen and oxygen atoms in total. The summed E-state index contributed by atoms with van der Waals surface area (Å²) >= 11 is 13.8. The minimum absolute atomic E-state index is 0.0626. The lowest BCUT2D eigenvalue weighted by Gasteiger charge is -2.41. The molecule has 1 saturated heterocycles. The van der Waals surface area contributed by atoms with Crippen molar-refractivity contribution < 1.29 is 4.74 Å². The number of rotatable bonds is 3. The van der Waals surface area contributed by atoms with Crippen molar-refractivity contribution in [3.05, 3.63) is 20.3 Å². The molecule has 2 heterocycles. The van der Waals surface area contributed by atoms with E-state index in [2.05, 4.69) is 5.43 Å². The summed E-state index contributed by atoms with van der Waals surface area (Å²) in [4.78, 5) is 0. The summed E-state index contributed by atoms with van der Waals surface area (Å²) in [6.45, 7) is 0.818. The Balaban J connectivity index is 1.80. The molecule has 1 saturated carbocycles. The van der Waals surface area contributed by atoms with Crippen LogP contribution in [0.3, 0.4) is 0 Å². The molecule has 20 heavy (non-hydrogen) atoms. The third kappa shape index (κ3) is 2.87. The topological polar surface area (TPSA) is 47.3 Å². The standard InChI is InChI=1S/C14H20Cl2N2OS/c15-11-7-10(13(16)20-11)12(18-17)9-3-6-19-14(8-9)4-1-2-5-14/h7,9,12,18H,1-6,8,17H2. The van der Waals surface area contributed by atoms with E-state index in [1.54, 1.807) is 0 Å². The van der Waals surface area contributed by atoms with E-state index in [0.29, 0.717) is 10.3 Å². The predicted molar refractivity (Wildman–Crippen MR) is 84.3 cm³/mol. The molecule has 2 aliphatic rings. The first-order valence-corrected chi connectivity index (χ1v) is 8.76. The Hall–Kier alpha value is 0.160. The summed E-state index contributed by atoms with van der Waals surface area (Å²) in [5.41, 5.74) is 4.08. The Morgan fingerprint density at radius 3 is 2.75 bits per heavy atom. The third-order valence-electron chi connectivity index (χ3n) is 4.71. The van der Waals surface area contributed by atoms with Crippen molar-refractivity contribution in [1.82, 2.24) is 5.43 Å². The van der Waals surface area contributed by atoms with Crippen LogP contribution in [0.1, 0.15) is 50.1 Å². The second-order valence-electron chi connectivity index (χ2n) is 5.92. The highest BCUT2D eigenvalue weighted by molar-refractivity contribution is 7.20. The summed E-state index contributed by atoms with van der Waals surface area (Å²) in [6.07, 6.45) is 6.99. The van der Waals surface area contributed by atoms with Gasteiger partial charge in [0.15, 0.2) is 0 Å². The van der Waals surface area contributed by atoms with E-state index >= 15 is 0 Å². The molecule has 0 amide bonds.